The second-order valence-corrected chi connectivity index (χ2v) is 1.73. The molecule has 68 valence electrons. The van der Waals surface area contributed by atoms with Gasteiger partial charge in [0.1, 0.15) is 6.29 Å². The average Bonchev–Trinajstić information content (AvgIpc) is 1.83. The maximum atomic E-state index is 9.85. The Kier molecular flexibility index (Phi) is 13.7. The minimum absolute atomic E-state index is 0. The van der Waals surface area contributed by atoms with E-state index in [1.54, 1.807) is 0 Å². The van der Waals surface area contributed by atoms with Gasteiger partial charge in [0, 0.05) is 6.42 Å². The molecule has 0 fully saturated rings. The number of carboxylic acids is 1. The Morgan fingerprint density at radius 1 is 1.55 bits per heavy atom. The van der Waals surface area contributed by atoms with Crippen LogP contribution in [0.5, 0.6) is 0 Å². The minimum Gasteiger partial charge on any atom is -0.481 e. The molecule has 4 nitrogen and oxygen atoms in total. The second-order valence-electron chi connectivity index (χ2n) is 1.73. The third-order valence-electron chi connectivity index (χ3n) is 0.866. The van der Waals surface area contributed by atoms with E-state index < -0.39 is 12.0 Å². The number of aldehydes is 1. The van der Waals surface area contributed by atoms with Crippen molar-refractivity contribution in [2.45, 2.75) is 33.7 Å². The van der Waals surface area contributed by atoms with Crippen LogP contribution in [0, 0.1) is 0 Å². The molecule has 0 aliphatic carbocycles. The van der Waals surface area contributed by atoms with E-state index >= 15 is 0 Å². The van der Waals surface area contributed by atoms with Crippen molar-refractivity contribution in [1.82, 2.24) is 0 Å². The molecule has 0 amide bonds. The quantitative estimate of drug-likeness (QED) is 0.596. The third-order valence-corrected chi connectivity index (χ3v) is 0.866. The molecule has 0 aromatic carbocycles. The molecule has 0 heterocycles. The van der Waals surface area contributed by atoms with E-state index in [9.17, 15) is 9.59 Å². The molecule has 0 spiro atoms. The molecule has 3 N–H and O–H groups in total. The standard InChI is InChI=1S/C5H9NO3.2CH4/c6-4(3-7)1-2-5(8)9;;/h3-4H,1-2,6H2,(H,8,9);2*1H4/t4-;;/m0../s1. The molecule has 0 saturated heterocycles. The molecular weight excluding hydrogens is 146 g/mol. The molecule has 0 bridgehead atoms. The molecule has 4 heteroatoms. The maximum Gasteiger partial charge on any atom is 0.303 e. The fourth-order valence-electron chi connectivity index (χ4n) is 0.358. The molecule has 11 heavy (non-hydrogen) atoms. The number of carbonyl (C=O) groups excluding carboxylic acids is 1. The van der Waals surface area contributed by atoms with Gasteiger partial charge >= 0.3 is 5.97 Å². The summed E-state index contributed by atoms with van der Waals surface area (Å²) < 4.78 is 0. The SMILES string of the molecule is C.C.N[C@H](C=O)CCC(=O)O. The Balaban J connectivity index is -0.000000320. The monoisotopic (exact) mass is 163 g/mol. The molecule has 0 aliphatic rings. The Bertz CT molecular complexity index is 114. The average molecular weight is 163 g/mol. The number of hydrogen-bond acceptors (Lipinski definition) is 3. The van der Waals surface area contributed by atoms with Crippen LogP contribution in [0.2, 0.25) is 0 Å². The van der Waals surface area contributed by atoms with Gasteiger partial charge < -0.3 is 15.6 Å². The Labute approximate surface area is 67.4 Å². The van der Waals surface area contributed by atoms with E-state index in [0.717, 1.165) is 0 Å². The van der Waals surface area contributed by atoms with Crippen molar-refractivity contribution >= 4 is 12.3 Å². The Morgan fingerprint density at radius 3 is 2.27 bits per heavy atom. The summed E-state index contributed by atoms with van der Waals surface area (Å²) in [5.74, 6) is -0.924. The molecule has 0 aliphatic heterocycles. The van der Waals surface area contributed by atoms with Crippen molar-refractivity contribution < 1.29 is 14.7 Å². The van der Waals surface area contributed by atoms with Crippen molar-refractivity contribution in [2.75, 3.05) is 0 Å². The zero-order valence-electron chi connectivity index (χ0n) is 4.91. The van der Waals surface area contributed by atoms with Gasteiger partial charge in [-0.2, -0.15) is 0 Å². The zero-order chi connectivity index (χ0) is 7.28. The van der Waals surface area contributed by atoms with Gasteiger partial charge in [-0.1, -0.05) is 14.9 Å². The molecule has 0 unspecified atom stereocenters. The number of hydrogen-bond donors (Lipinski definition) is 2. The van der Waals surface area contributed by atoms with E-state index in [1.807, 2.05) is 0 Å². The lowest BCUT2D eigenvalue weighted by molar-refractivity contribution is -0.137. The van der Waals surface area contributed by atoms with Crippen molar-refractivity contribution in [2.24, 2.45) is 5.73 Å². The first kappa shape index (κ1) is 16.6. The van der Waals surface area contributed by atoms with Crippen LogP contribution in [0.25, 0.3) is 0 Å². The molecule has 0 saturated carbocycles. The van der Waals surface area contributed by atoms with E-state index in [4.69, 9.17) is 10.8 Å². The predicted octanol–water partition coefficient (Wildman–Crippen LogP) is 0.650. The van der Waals surface area contributed by atoms with Crippen LogP contribution in [-0.4, -0.2) is 23.4 Å². The topological polar surface area (TPSA) is 80.4 Å². The van der Waals surface area contributed by atoms with E-state index in [0.29, 0.717) is 6.29 Å². The largest absolute Gasteiger partial charge is 0.481 e. The first-order chi connectivity index (χ1) is 4.16. The molecular formula is C7H17NO3. The number of carbonyl (C=O) groups is 2. The van der Waals surface area contributed by atoms with Crippen LogP contribution < -0.4 is 5.73 Å². The summed E-state index contributed by atoms with van der Waals surface area (Å²) in [6.45, 7) is 0. The highest BCUT2D eigenvalue weighted by Crippen LogP contribution is 1.90. The highest BCUT2D eigenvalue weighted by Gasteiger charge is 2.02. The van der Waals surface area contributed by atoms with Gasteiger partial charge in [0.05, 0.1) is 6.04 Å². The van der Waals surface area contributed by atoms with Crippen molar-refractivity contribution in [1.29, 1.82) is 0 Å². The van der Waals surface area contributed by atoms with Crippen molar-refractivity contribution in [3.05, 3.63) is 0 Å². The summed E-state index contributed by atoms with van der Waals surface area (Å²) in [5.41, 5.74) is 5.09. The third kappa shape index (κ3) is 12.3. The van der Waals surface area contributed by atoms with Crippen LogP contribution in [0.1, 0.15) is 27.7 Å². The maximum absolute atomic E-state index is 9.85. The summed E-state index contributed by atoms with van der Waals surface area (Å²) in [7, 11) is 0. The van der Waals surface area contributed by atoms with Crippen molar-refractivity contribution in [3.63, 3.8) is 0 Å². The predicted molar refractivity (Wildman–Crippen MR) is 44.4 cm³/mol. The van der Waals surface area contributed by atoms with Crippen molar-refractivity contribution in [3.8, 4) is 0 Å². The van der Waals surface area contributed by atoms with Gasteiger partial charge in [-0.15, -0.1) is 0 Å². The van der Waals surface area contributed by atoms with Crippen LogP contribution in [0.15, 0.2) is 0 Å². The fraction of sp³-hybridized carbons (Fsp3) is 0.714. The van der Waals surface area contributed by atoms with Crippen LogP contribution in [0.4, 0.5) is 0 Å². The smallest absolute Gasteiger partial charge is 0.303 e. The summed E-state index contributed by atoms with van der Waals surface area (Å²) in [6.07, 6.45) is 0.724. The lowest BCUT2D eigenvalue weighted by atomic mass is 10.2. The number of rotatable bonds is 4. The zero-order valence-corrected chi connectivity index (χ0v) is 4.91. The van der Waals surface area contributed by atoms with Gasteiger partial charge in [-0.3, -0.25) is 4.79 Å². The number of nitrogens with two attached hydrogens (primary N) is 1. The van der Waals surface area contributed by atoms with Gasteiger partial charge in [-0.25, -0.2) is 0 Å². The summed E-state index contributed by atoms with van der Waals surface area (Å²) >= 11 is 0. The van der Waals surface area contributed by atoms with Gasteiger partial charge in [0.15, 0.2) is 0 Å². The minimum atomic E-state index is -0.924. The first-order valence-corrected chi connectivity index (χ1v) is 2.59. The Hall–Kier alpha value is -0.900. The highest BCUT2D eigenvalue weighted by molar-refractivity contribution is 5.68. The van der Waals surface area contributed by atoms with E-state index in [-0.39, 0.29) is 27.7 Å². The highest BCUT2D eigenvalue weighted by atomic mass is 16.4. The van der Waals surface area contributed by atoms with Gasteiger partial charge in [-0.05, 0) is 6.42 Å². The number of aliphatic carboxylic acids is 1. The first-order valence-electron chi connectivity index (χ1n) is 2.59. The molecule has 0 aromatic rings. The fourth-order valence-corrected chi connectivity index (χ4v) is 0.358. The van der Waals surface area contributed by atoms with Crippen LogP contribution >= 0.6 is 0 Å². The van der Waals surface area contributed by atoms with Gasteiger partial charge in [0.25, 0.3) is 0 Å². The summed E-state index contributed by atoms with van der Waals surface area (Å²) in [4.78, 5) is 19.6. The Morgan fingerprint density at radius 2 is 2.00 bits per heavy atom. The van der Waals surface area contributed by atoms with Crippen LogP contribution in [0.3, 0.4) is 0 Å². The van der Waals surface area contributed by atoms with Crippen LogP contribution in [-0.2, 0) is 9.59 Å². The van der Waals surface area contributed by atoms with E-state index in [2.05, 4.69) is 0 Å². The summed E-state index contributed by atoms with van der Waals surface area (Å²) in [5, 5.41) is 8.09. The molecule has 0 aromatic heterocycles. The van der Waals surface area contributed by atoms with Gasteiger partial charge in [0.2, 0.25) is 0 Å². The number of carboxylic acid groups (broad SMARTS) is 1. The lowest BCUT2D eigenvalue weighted by Gasteiger charge is -1.97. The molecule has 0 rings (SSSR count). The lowest BCUT2D eigenvalue weighted by Crippen LogP contribution is -2.22. The normalized spacial score (nSPS) is 10.3. The summed E-state index contributed by atoms with van der Waals surface area (Å²) in [6, 6.07) is -0.624. The van der Waals surface area contributed by atoms with E-state index in [1.165, 1.54) is 0 Å². The molecule has 1 atom stereocenters. The molecule has 0 radical (unpaired) electrons. The second kappa shape index (κ2) is 9.10.